The molecule has 1 aliphatic rings. The molecule has 1 aliphatic heterocycles. The van der Waals surface area contributed by atoms with E-state index in [-0.39, 0.29) is 0 Å². The van der Waals surface area contributed by atoms with Crippen molar-refractivity contribution in [3.05, 3.63) is 30.5 Å². The summed E-state index contributed by atoms with van der Waals surface area (Å²) < 4.78 is 2.03. The standard InChI is InChI=1S/C10H12N6/c1-11-9-10-13-6-8(7-4-14-15-5-7)16(10)3-2-12-9/h2-4,6,14-15H,5H2,1H3,(H,11,12). The van der Waals surface area contributed by atoms with E-state index in [0.29, 0.717) is 0 Å². The Kier molecular flexibility index (Phi) is 2.00. The molecular weight excluding hydrogens is 204 g/mol. The first-order chi connectivity index (χ1) is 7.90. The van der Waals surface area contributed by atoms with Gasteiger partial charge in [-0.05, 0) is 0 Å². The van der Waals surface area contributed by atoms with Gasteiger partial charge in [0.1, 0.15) is 0 Å². The van der Waals surface area contributed by atoms with Crippen LogP contribution in [-0.2, 0) is 0 Å². The molecule has 6 nitrogen and oxygen atoms in total. The number of aromatic nitrogens is 3. The normalized spacial score (nSPS) is 14.9. The van der Waals surface area contributed by atoms with E-state index in [2.05, 4.69) is 26.1 Å². The summed E-state index contributed by atoms with van der Waals surface area (Å²) in [7, 11) is 1.84. The van der Waals surface area contributed by atoms with Gasteiger partial charge >= 0.3 is 0 Å². The van der Waals surface area contributed by atoms with Gasteiger partial charge in [-0.2, -0.15) is 0 Å². The molecule has 3 N–H and O–H groups in total. The molecule has 3 heterocycles. The van der Waals surface area contributed by atoms with Crippen LogP contribution in [0.3, 0.4) is 0 Å². The largest absolute Gasteiger partial charge is 0.370 e. The molecule has 0 atom stereocenters. The van der Waals surface area contributed by atoms with Gasteiger partial charge in [-0.25, -0.2) is 15.4 Å². The van der Waals surface area contributed by atoms with Crippen LogP contribution in [0.15, 0.2) is 24.8 Å². The van der Waals surface area contributed by atoms with Crippen molar-refractivity contribution in [2.45, 2.75) is 0 Å². The second kappa shape index (κ2) is 3.49. The summed E-state index contributed by atoms with van der Waals surface area (Å²) in [5.74, 6) is 0.785. The zero-order chi connectivity index (χ0) is 11.0. The maximum Gasteiger partial charge on any atom is 0.180 e. The lowest BCUT2D eigenvalue weighted by atomic mass is 10.2. The molecule has 0 radical (unpaired) electrons. The van der Waals surface area contributed by atoms with Gasteiger partial charge in [0.05, 0.1) is 11.9 Å². The summed E-state index contributed by atoms with van der Waals surface area (Å²) in [6.07, 6.45) is 7.49. The summed E-state index contributed by atoms with van der Waals surface area (Å²) in [5, 5.41) is 3.03. The third kappa shape index (κ3) is 1.24. The monoisotopic (exact) mass is 216 g/mol. The van der Waals surface area contributed by atoms with Crippen LogP contribution in [-0.4, -0.2) is 28.0 Å². The zero-order valence-electron chi connectivity index (χ0n) is 8.86. The fourth-order valence-corrected chi connectivity index (χ4v) is 1.83. The van der Waals surface area contributed by atoms with Crippen LogP contribution in [0.4, 0.5) is 5.82 Å². The molecule has 2 aromatic rings. The molecule has 82 valence electrons. The molecule has 3 rings (SSSR count). The van der Waals surface area contributed by atoms with Gasteiger partial charge in [-0.3, -0.25) is 4.40 Å². The molecular formula is C10H12N6. The third-order valence-corrected chi connectivity index (χ3v) is 2.62. The molecule has 0 saturated carbocycles. The minimum atomic E-state index is 0.785. The Morgan fingerprint density at radius 1 is 1.44 bits per heavy atom. The summed E-state index contributed by atoms with van der Waals surface area (Å²) in [5.41, 5.74) is 9.11. The first kappa shape index (κ1) is 9.17. The van der Waals surface area contributed by atoms with Gasteiger partial charge in [0, 0.05) is 37.8 Å². The van der Waals surface area contributed by atoms with Gasteiger partial charge in [0.15, 0.2) is 11.5 Å². The van der Waals surface area contributed by atoms with Gasteiger partial charge in [0.25, 0.3) is 0 Å². The van der Waals surface area contributed by atoms with Crippen molar-refractivity contribution in [1.82, 2.24) is 25.2 Å². The lowest BCUT2D eigenvalue weighted by molar-refractivity contribution is 0.729. The highest BCUT2D eigenvalue weighted by molar-refractivity contribution is 5.71. The lowest BCUT2D eigenvalue weighted by Crippen LogP contribution is -2.20. The number of hydrazine groups is 1. The van der Waals surface area contributed by atoms with E-state index in [1.54, 1.807) is 6.20 Å². The quantitative estimate of drug-likeness (QED) is 0.670. The predicted octanol–water partition coefficient (Wildman–Crippen LogP) is 0.220. The fraction of sp³-hybridized carbons (Fsp3) is 0.200. The number of fused-ring (bicyclic) bond motifs is 1. The summed E-state index contributed by atoms with van der Waals surface area (Å²) >= 11 is 0. The van der Waals surface area contributed by atoms with E-state index >= 15 is 0 Å². The molecule has 6 heteroatoms. The average molecular weight is 216 g/mol. The van der Waals surface area contributed by atoms with E-state index in [1.807, 2.05) is 30.0 Å². The first-order valence-corrected chi connectivity index (χ1v) is 5.08. The minimum Gasteiger partial charge on any atom is -0.370 e. The van der Waals surface area contributed by atoms with Crippen LogP contribution in [0.25, 0.3) is 11.2 Å². The highest BCUT2D eigenvalue weighted by Crippen LogP contribution is 2.19. The SMILES string of the molecule is CNc1nccn2c(C3=CNNC3)cnc12. The molecule has 0 amide bonds. The molecule has 2 aromatic heterocycles. The topological polar surface area (TPSA) is 66.3 Å². The highest BCUT2D eigenvalue weighted by atomic mass is 15.4. The molecule has 0 aliphatic carbocycles. The van der Waals surface area contributed by atoms with Crippen LogP contribution in [0.2, 0.25) is 0 Å². The van der Waals surface area contributed by atoms with E-state index in [4.69, 9.17) is 0 Å². The second-order valence-corrected chi connectivity index (χ2v) is 3.53. The Morgan fingerprint density at radius 3 is 3.12 bits per heavy atom. The van der Waals surface area contributed by atoms with Crippen LogP contribution in [0.5, 0.6) is 0 Å². The van der Waals surface area contributed by atoms with Gasteiger partial charge < -0.3 is 10.7 Å². The fourth-order valence-electron chi connectivity index (χ4n) is 1.83. The molecule has 0 bridgehead atoms. The van der Waals surface area contributed by atoms with Crippen molar-refractivity contribution in [3.8, 4) is 0 Å². The number of anilines is 1. The zero-order valence-corrected chi connectivity index (χ0v) is 8.86. The Bertz CT molecular complexity index is 555. The summed E-state index contributed by atoms with van der Waals surface area (Å²) in [4.78, 5) is 8.60. The van der Waals surface area contributed by atoms with Crippen molar-refractivity contribution < 1.29 is 0 Å². The Labute approximate surface area is 92.4 Å². The van der Waals surface area contributed by atoms with E-state index in [0.717, 1.165) is 23.7 Å². The maximum atomic E-state index is 4.38. The number of nitrogens with one attached hydrogen (secondary N) is 3. The van der Waals surface area contributed by atoms with Gasteiger partial charge in [0.2, 0.25) is 0 Å². The first-order valence-electron chi connectivity index (χ1n) is 5.08. The molecule has 0 spiro atoms. The maximum absolute atomic E-state index is 4.38. The number of nitrogens with zero attached hydrogens (tertiary/aromatic N) is 3. The summed E-state index contributed by atoms with van der Waals surface area (Å²) in [6, 6.07) is 0. The van der Waals surface area contributed by atoms with Crippen molar-refractivity contribution in [2.24, 2.45) is 0 Å². The molecule has 16 heavy (non-hydrogen) atoms. The Morgan fingerprint density at radius 2 is 2.38 bits per heavy atom. The van der Waals surface area contributed by atoms with Gasteiger partial charge in [-0.15, -0.1) is 0 Å². The summed E-state index contributed by atoms with van der Waals surface area (Å²) in [6.45, 7) is 0.797. The minimum absolute atomic E-state index is 0.785. The molecule has 0 aromatic carbocycles. The number of hydrogen-bond acceptors (Lipinski definition) is 5. The lowest BCUT2D eigenvalue weighted by Gasteiger charge is -2.03. The number of hydrogen-bond donors (Lipinski definition) is 3. The van der Waals surface area contributed by atoms with E-state index in [9.17, 15) is 0 Å². The van der Waals surface area contributed by atoms with Crippen LogP contribution in [0.1, 0.15) is 5.69 Å². The molecule has 0 saturated heterocycles. The molecule has 0 fully saturated rings. The smallest absolute Gasteiger partial charge is 0.180 e. The molecule has 0 unspecified atom stereocenters. The van der Waals surface area contributed by atoms with Crippen LogP contribution >= 0.6 is 0 Å². The Balaban J connectivity index is 2.20. The number of rotatable bonds is 2. The Hall–Kier alpha value is -2.08. The highest BCUT2D eigenvalue weighted by Gasteiger charge is 2.13. The van der Waals surface area contributed by atoms with Gasteiger partial charge in [-0.1, -0.05) is 0 Å². The van der Waals surface area contributed by atoms with Crippen molar-refractivity contribution in [3.63, 3.8) is 0 Å². The second-order valence-electron chi connectivity index (χ2n) is 3.53. The predicted molar refractivity (Wildman–Crippen MR) is 61.6 cm³/mol. The van der Waals surface area contributed by atoms with Crippen molar-refractivity contribution in [1.29, 1.82) is 0 Å². The van der Waals surface area contributed by atoms with E-state index < -0.39 is 0 Å². The van der Waals surface area contributed by atoms with Crippen molar-refractivity contribution >= 4 is 17.0 Å². The van der Waals surface area contributed by atoms with E-state index in [1.165, 1.54) is 5.57 Å². The number of imidazole rings is 1. The average Bonchev–Trinajstić information content (AvgIpc) is 2.96. The van der Waals surface area contributed by atoms with Crippen LogP contribution in [0, 0.1) is 0 Å². The third-order valence-electron chi connectivity index (χ3n) is 2.62. The van der Waals surface area contributed by atoms with Crippen LogP contribution < -0.4 is 16.2 Å². The van der Waals surface area contributed by atoms with Crippen molar-refractivity contribution in [2.75, 3.05) is 18.9 Å².